The Labute approximate surface area is 206 Å². The smallest absolute Gasteiger partial charge is 0.410 e. The van der Waals surface area contributed by atoms with Gasteiger partial charge in [0.25, 0.3) is 0 Å². The predicted octanol–water partition coefficient (Wildman–Crippen LogP) is 6.04. The van der Waals surface area contributed by atoms with Crippen LogP contribution in [0, 0.1) is 5.82 Å². The summed E-state index contributed by atoms with van der Waals surface area (Å²) in [5.41, 5.74) is -0.427. The molecule has 0 N–H and O–H groups in total. The van der Waals surface area contributed by atoms with Crippen molar-refractivity contribution in [1.82, 2.24) is 19.9 Å². The summed E-state index contributed by atoms with van der Waals surface area (Å²) in [6.45, 7) is 8.15. The molecule has 1 aliphatic rings. The molecule has 1 aliphatic heterocycles. The lowest BCUT2D eigenvalue weighted by molar-refractivity contribution is -0.0851. The maximum atomic E-state index is 14.5. The van der Waals surface area contributed by atoms with Crippen LogP contribution in [0.25, 0.3) is 11.0 Å². The zero-order valence-electron chi connectivity index (χ0n) is 19.1. The normalized spacial score (nSPS) is 15.1. The molecule has 0 saturated carbocycles. The number of hydrogen-bond donors (Lipinski definition) is 0. The molecule has 2 aromatic heterocycles. The first kappa shape index (κ1) is 24.2. The predicted molar refractivity (Wildman–Crippen MR) is 125 cm³/mol. The fraction of sp³-hybridized carbons (Fsp3) is 0.391. The summed E-state index contributed by atoms with van der Waals surface area (Å²) in [5.74, 6) is -0.635. The van der Waals surface area contributed by atoms with E-state index >= 15 is 0 Å². The molecule has 1 amide bonds. The largest absolute Gasteiger partial charge is 0.467 e. The zero-order valence-corrected chi connectivity index (χ0v) is 20.6. The van der Waals surface area contributed by atoms with Crippen molar-refractivity contribution in [1.29, 1.82) is 0 Å². The molecule has 0 radical (unpaired) electrons. The van der Waals surface area contributed by atoms with Crippen molar-refractivity contribution < 1.29 is 23.4 Å². The van der Waals surface area contributed by atoms with E-state index in [-0.39, 0.29) is 33.3 Å². The van der Waals surface area contributed by atoms with Crippen LogP contribution in [-0.4, -0.2) is 50.2 Å². The second kappa shape index (κ2) is 9.03. The molecule has 0 aliphatic carbocycles. The highest BCUT2D eigenvalue weighted by atomic mass is 35.5. The number of pyridine rings is 1. The lowest BCUT2D eigenvalue weighted by atomic mass is 9.91. The quantitative estimate of drug-likeness (QED) is 0.388. The maximum Gasteiger partial charge on any atom is 0.410 e. The fourth-order valence-corrected chi connectivity index (χ4v) is 3.71. The molecular formula is C23H23Cl2FN4O4. The Kier molecular flexibility index (Phi) is 6.44. The van der Waals surface area contributed by atoms with Gasteiger partial charge >= 0.3 is 6.09 Å². The summed E-state index contributed by atoms with van der Waals surface area (Å²) in [4.78, 5) is 26.7. The first-order chi connectivity index (χ1) is 16.0. The maximum absolute atomic E-state index is 14.5. The molecule has 0 unspecified atom stereocenters. The number of halogens is 3. The second-order valence-corrected chi connectivity index (χ2v) is 9.73. The topological polar surface area (TPSA) is 86.7 Å². The molecule has 0 bridgehead atoms. The van der Waals surface area contributed by atoms with E-state index in [2.05, 4.69) is 15.0 Å². The van der Waals surface area contributed by atoms with E-state index in [1.807, 2.05) is 27.7 Å². The third kappa shape index (κ3) is 4.95. The number of hydrogen-bond acceptors (Lipinski definition) is 7. The van der Waals surface area contributed by atoms with Crippen LogP contribution < -0.4 is 9.47 Å². The number of carbonyl (C=O) groups excluding carboxylic acids is 1. The average molecular weight is 509 g/mol. The van der Waals surface area contributed by atoms with Crippen LogP contribution in [0.2, 0.25) is 10.0 Å². The first-order valence-corrected chi connectivity index (χ1v) is 11.4. The Morgan fingerprint density at radius 3 is 2.59 bits per heavy atom. The van der Waals surface area contributed by atoms with Gasteiger partial charge in [-0.25, -0.2) is 19.2 Å². The molecular weight excluding hydrogens is 486 g/mol. The monoisotopic (exact) mass is 508 g/mol. The third-order valence-electron chi connectivity index (χ3n) is 5.20. The lowest BCUT2D eigenvalue weighted by Gasteiger charge is -2.48. The van der Waals surface area contributed by atoms with Crippen LogP contribution in [-0.2, 0) is 4.74 Å². The highest BCUT2D eigenvalue weighted by Gasteiger charge is 2.47. The number of ether oxygens (including phenoxy) is 3. The Bertz CT molecular complexity index is 1250. The number of fused-ring (bicyclic) bond motifs is 1. The van der Waals surface area contributed by atoms with Crippen molar-refractivity contribution in [3.8, 4) is 17.5 Å². The molecule has 0 atom stereocenters. The SMILES string of the molecule is CCC1(Oc2ccc3ncnc(Oc4ccc(Cl)c(Cl)c4F)c3n2)CN(C(=O)OC(C)(C)C)C1. The van der Waals surface area contributed by atoms with Gasteiger partial charge in [0.1, 0.15) is 17.5 Å². The summed E-state index contributed by atoms with van der Waals surface area (Å²) in [5, 5.41) is -0.183. The van der Waals surface area contributed by atoms with E-state index in [1.54, 1.807) is 17.0 Å². The summed E-state index contributed by atoms with van der Waals surface area (Å²) in [6.07, 6.45) is 1.54. The van der Waals surface area contributed by atoms with Gasteiger partial charge in [-0.15, -0.1) is 0 Å². The Morgan fingerprint density at radius 2 is 1.91 bits per heavy atom. The molecule has 180 valence electrons. The minimum absolute atomic E-state index is 0.0299. The number of amides is 1. The van der Waals surface area contributed by atoms with Crippen molar-refractivity contribution in [2.24, 2.45) is 0 Å². The molecule has 3 aromatic rings. The highest BCUT2D eigenvalue weighted by molar-refractivity contribution is 6.42. The number of benzene rings is 1. The van der Waals surface area contributed by atoms with Crippen LogP contribution in [0.3, 0.4) is 0 Å². The van der Waals surface area contributed by atoms with Crippen LogP contribution >= 0.6 is 23.2 Å². The number of nitrogens with zero attached hydrogens (tertiary/aromatic N) is 4. The van der Waals surface area contributed by atoms with Crippen molar-refractivity contribution in [2.45, 2.75) is 45.3 Å². The van der Waals surface area contributed by atoms with E-state index in [0.29, 0.717) is 30.9 Å². The molecule has 3 heterocycles. The zero-order chi connectivity index (χ0) is 24.7. The summed E-state index contributed by atoms with van der Waals surface area (Å²) in [7, 11) is 0. The highest BCUT2D eigenvalue weighted by Crippen LogP contribution is 2.36. The first-order valence-electron chi connectivity index (χ1n) is 10.6. The summed E-state index contributed by atoms with van der Waals surface area (Å²) in [6, 6.07) is 6.15. The van der Waals surface area contributed by atoms with Gasteiger partial charge in [0.05, 0.1) is 28.7 Å². The molecule has 0 spiro atoms. The van der Waals surface area contributed by atoms with E-state index in [1.165, 1.54) is 18.5 Å². The number of rotatable bonds is 5. The minimum Gasteiger partial charge on any atom is -0.467 e. The average Bonchev–Trinajstić information content (AvgIpc) is 2.75. The molecule has 8 nitrogen and oxygen atoms in total. The molecule has 4 rings (SSSR count). The van der Waals surface area contributed by atoms with Crippen molar-refractivity contribution >= 4 is 40.3 Å². The van der Waals surface area contributed by atoms with Crippen LogP contribution in [0.5, 0.6) is 17.5 Å². The van der Waals surface area contributed by atoms with Crippen molar-refractivity contribution in [3.05, 3.63) is 46.5 Å². The second-order valence-electron chi connectivity index (χ2n) is 8.95. The van der Waals surface area contributed by atoms with E-state index in [4.69, 9.17) is 37.4 Å². The third-order valence-corrected chi connectivity index (χ3v) is 5.99. The van der Waals surface area contributed by atoms with E-state index in [0.717, 1.165) is 0 Å². The van der Waals surface area contributed by atoms with Crippen LogP contribution in [0.1, 0.15) is 34.1 Å². The number of carbonyl (C=O) groups is 1. The van der Waals surface area contributed by atoms with E-state index < -0.39 is 17.0 Å². The van der Waals surface area contributed by atoms with Gasteiger partial charge in [-0.05, 0) is 45.4 Å². The Hall–Kier alpha value is -2.91. The Balaban J connectivity index is 1.56. The van der Waals surface area contributed by atoms with Crippen LogP contribution in [0.15, 0.2) is 30.6 Å². The van der Waals surface area contributed by atoms with E-state index in [9.17, 15) is 9.18 Å². The lowest BCUT2D eigenvalue weighted by Crippen LogP contribution is -2.66. The number of likely N-dealkylation sites (tertiary alicyclic amines) is 1. The van der Waals surface area contributed by atoms with Gasteiger partial charge in [-0.1, -0.05) is 30.1 Å². The van der Waals surface area contributed by atoms with Crippen molar-refractivity contribution in [3.63, 3.8) is 0 Å². The molecule has 11 heteroatoms. The van der Waals surface area contributed by atoms with Gasteiger partial charge in [-0.3, -0.25) is 0 Å². The van der Waals surface area contributed by atoms with Crippen molar-refractivity contribution in [2.75, 3.05) is 13.1 Å². The van der Waals surface area contributed by atoms with Gasteiger partial charge < -0.3 is 19.1 Å². The summed E-state index contributed by atoms with van der Waals surface area (Å²) >= 11 is 11.7. The van der Waals surface area contributed by atoms with Crippen LogP contribution in [0.4, 0.5) is 9.18 Å². The minimum atomic E-state index is -0.810. The standard InChI is InChI=1S/C23H23Cl2FN4O4/c1-5-23(10-30(11-23)21(31)34-22(2,3)4)33-16-9-7-14-19(29-16)20(28-12-27-14)32-15-8-6-13(24)17(25)18(15)26/h6-9,12H,5,10-11H2,1-4H3. The summed E-state index contributed by atoms with van der Waals surface area (Å²) < 4.78 is 31.7. The molecule has 1 fully saturated rings. The van der Waals surface area contributed by atoms with Gasteiger partial charge in [0.2, 0.25) is 11.8 Å². The fourth-order valence-electron chi connectivity index (χ4n) is 3.41. The molecule has 1 saturated heterocycles. The van der Waals surface area contributed by atoms with Gasteiger partial charge in [0.15, 0.2) is 17.1 Å². The Morgan fingerprint density at radius 1 is 1.18 bits per heavy atom. The molecule has 34 heavy (non-hydrogen) atoms. The van der Waals surface area contributed by atoms with Gasteiger partial charge in [-0.2, -0.15) is 4.98 Å². The van der Waals surface area contributed by atoms with Gasteiger partial charge in [0, 0.05) is 6.07 Å². The molecule has 1 aromatic carbocycles. The number of aromatic nitrogens is 3.